The Labute approximate surface area is 151 Å². The lowest BCUT2D eigenvalue weighted by Crippen LogP contribution is -2.14. The molecule has 0 N–H and O–H groups in total. The number of hydrogen-bond donors (Lipinski definition) is 0. The monoisotopic (exact) mass is 357 g/mol. The third kappa shape index (κ3) is 5.24. The minimum absolute atomic E-state index is 0.117. The summed E-state index contributed by atoms with van der Waals surface area (Å²) in [5.74, 6) is 1.61. The zero-order valence-corrected chi connectivity index (χ0v) is 16.4. The standard InChI is InChI=1S/C21H28NO2P/c1-6-12-19-13-10-11-16-21(19)24-25(18(4)5,22-17(2)3)23-20-14-8-7-9-15-20/h6-11,13-18H,1,12H2,2-5H3. The van der Waals surface area contributed by atoms with E-state index in [4.69, 9.17) is 13.8 Å². The minimum atomic E-state index is -2.53. The first-order valence-electron chi connectivity index (χ1n) is 8.71. The van der Waals surface area contributed by atoms with Gasteiger partial charge in [0.2, 0.25) is 0 Å². The third-order valence-electron chi connectivity index (χ3n) is 3.59. The summed E-state index contributed by atoms with van der Waals surface area (Å²) in [6, 6.07) is 18.0. The molecule has 1 atom stereocenters. The van der Waals surface area contributed by atoms with Gasteiger partial charge >= 0.3 is 7.51 Å². The average molecular weight is 357 g/mol. The van der Waals surface area contributed by atoms with E-state index in [1.54, 1.807) is 0 Å². The Balaban J connectivity index is 2.50. The van der Waals surface area contributed by atoms with E-state index in [0.717, 1.165) is 23.5 Å². The summed E-state index contributed by atoms with van der Waals surface area (Å²) in [6.07, 6.45) is 2.64. The molecule has 2 rings (SSSR count). The van der Waals surface area contributed by atoms with Crippen LogP contribution in [-0.2, 0) is 6.42 Å². The zero-order chi connectivity index (χ0) is 18.3. The highest BCUT2D eigenvalue weighted by atomic mass is 31.2. The van der Waals surface area contributed by atoms with E-state index < -0.39 is 7.51 Å². The molecule has 0 aliphatic rings. The molecule has 4 heteroatoms. The van der Waals surface area contributed by atoms with Crippen LogP contribution in [0.5, 0.6) is 11.5 Å². The fourth-order valence-corrected chi connectivity index (χ4v) is 4.77. The van der Waals surface area contributed by atoms with Crippen molar-refractivity contribution in [1.29, 1.82) is 0 Å². The number of hydrogen-bond acceptors (Lipinski definition) is 3. The normalized spacial score (nSPS) is 13.4. The van der Waals surface area contributed by atoms with Crippen LogP contribution in [0.2, 0.25) is 0 Å². The highest BCUT2D eigenvalue weighted by Crippen LogP contribution is 2.56. The maximum absolute atomic E-state index is 6.54. The number of nitrogens with zero attached hydrogens (tertiary/aromatic N) is 1. The SMILES string of the molecule is C=CCc1ccccc1OP(=NC(C)C)(Oc1ccccc1)C(C)C. The van der Waals surface area contributed by atoms with E-state index in [0.29, 0.717) is 0 Å². The summed E-state index contributed by atoms with van der Waals surface area (Å²) in [5.41, 5.74) is 1.23. The van der Waals surface area contributed by atoms with Gasteiger partial charge in [0.1, 0.15) is 11.5 Å². The molecular weight excluding hydrogens is 329 g/mol. The van der Waals surface area contributed by atoms with Crippen molar-refractivity contribution in [3.63, 3.8) is 0 Å². The van der Waals surface area contributed by atoms with E-state index in [2.05, 4.69) is 40.3 Å². The minimum Gasteiger partial charge on any atom is -0.430 e. The molecule has 0 aromatic heterocycles. The average Bonchev–Trinajstić information content (AvgIpc) is 2.57. The topological polar surface area (TPSA) is 30.8 Å². The van der Waals surface area contributed by atoms with Gasteiger partial charge in [-0.1, -0.05) is 56.3 Å². The van der Waals surface area contributed by atoms with E-state index in [9.17, 15) is 0 Å². The highest BCUT2D eigenvalue weighted by Gasteiger charge is 2.31. The van der Waals surface area contributed by atoms with Crippen molar-refractivity contribution in [2.75, 3.05) is 0 Å². The van der Waals surface area contributed by atoms with E-state index in [1.807, 2.05) is 54.6 Å². The Kier molecular flexibility index (Phi) is 6.90. The summed E-state index contributed by atoms with van der Waals surface area (Å²) < 4.78 is 17.9. The Hall–Kier alpha value is -1.99. The van der Waals surface area contributed by atoms with Crippen molar-refractivity contribution in [2.45, 2.75) is 45.8 Å². The van der Waals surface area contributed by atoms with E-state index in [-0.39, 0.29) is 11.7 Å². The molecule has 25 heavy (non-hydrogen) atoms. The molecule has 2 aromatic carbocycles. The lowest BCUT2D eigenvalue weighted by molar-refractivity contribution is 0.456. The predicted molar refractivity (Wildman–Crippen MR) is 108 cm³/mol. The van der Waals surface area contributed by atoms with Crippen LogP contribution in [-0.4, -0.2) is 11.7 Å². The van der Waals surface area contributed by atoms with Gasteiger partial charge in [0.15, 0.2) is 0 Å². The molecule has 2 aromatic rings. The zero-order valence-electron chi connectivity index (χ0n) is 15.6. The van der Waals surface area contributed by atoms with Crippen molar-refractivity contribution in [1.82, 2.24) is 0 Å². The highest BCUT2D eigenvalue weighted by molar-refractivity contribution is 7.58. The van der Waals surface area contributed by atoms with Gasteiger partial charge in [0.25, 0.3) is 0 Å². The third-order valence-corrected chi connectivity index (χ3v) is 6.61. The van der Waals surface area contributed by atoms with Crippen LogP contribution in [0, 0.1) is 0 Å². The Morgan fingerprint density at radius 2 is 1.60 bits per heavy atom. The molecule has 1 unspecified atom stereocenters. The summed E-state index contributed by atoms with van der Waals surface area (Å²) in [4.78, 5) is 0. The molecule has 0 aliphatic carbocycles. The quantitative estimate of drug-likeness (QED) is 0.388. The number of allylic oxidation sites excluding steroid dienone is 1. The van der Waals surface area contributed by atoms with Crippen LogP contribution in [0.25, 0.3) is 0 Å². The fourth-order valence-electron chi connectivity index (χ4n) is 2.42. The van der Waals surface area contributed by atoms with Gasteiger partial charge in [0, 0.05) is 6.04 Å². The Morgan fingerprint density at radius 3 is 2.20 bits per heavy atom. The van der Waals surface area contributed by atoms with Crippen LogP contribution in [0.15, 0.2) is 72.0 Å². The summed E-state index contributed by atoms with van der Waals surface area (Å²) in [6.45, 7) is 12.2. The molecule has 0 heterocycles. The first-order chi connectivity index (χ1) is 12.0. The lowest BCUT2D eigenvalue weighted by Gasteiger charge is -2.30. The fraction of sp³-hybridized carbons (Fsp3) is 0.333. The van der Waals surface area contributed by atoms with Crippen LogP contribution in [0.4, 0.5) is 0 Å². The Bertz CT molecular complexity index is 739. The predicted octanol–water partition coefficient (Wildman–Crippen LogP) is 6.72. The van der Waals surface area contributed by atoms with Crippen molar-refractivity contribution in [3.8, 4) is 11.5 Å². The molecule has 0 saturated carbocycles. The number of para-hydroxylation sites is 2. The number of benzene rings is 2. The second-order valence-corrected chi connectivity index (χ2v) is 9.22. The maximum atomic E-state index is 6.54. The van der Waals surface area contributed by atoms with Gasteiger partial charge < -0.3 is 9.05 Å². The molecule has 0 bridgehead atoms. The molecule has 0 spiro atoms. The molecule has 0 radical (unpaired) electrons. The molecular formula is C21H28NO2P. The van der Waals surface area contributed by atoms with Gasteiger partial charge in [-0.05, 0) is 44.0 Å². The second-order valence-electron chi connectivity index (χ2n) is 6.46. The summed E-state index contributed by atoms with van der Waals surface area (Å²) >= 11 is 0. The maximum Gasteiger partial charge on any atom is 0.317 e. The van der Waals surface area contributed by atoms with Crippen LogP contribution < -0.4 is 9.05 Å². The number of rotatable bonds is 8. The lowest BCUT2D eigenvalue weighted by atomic mass is 10.1. The molecule has 0 saturated heterocycles. The summed E-state index contributed by atoms with van der Waals surface area (Å²) in [5, 5.41) is 0. The first kappa shape index (κ1) is 19.3. The van der Waals surface area contributed by atoms with Gasteiger partial charge in [-0.3, -0.25) is 0 Å². The van der Waals surface area contributed by atoms with Crippen molar-refractivity contribution >= 4 is 7.51 Å². The van der Waals surface area contributed by atoms with Crippen LogP contribution in [0.3, 0.4) is 0 Å². The van der Waals surface area contributed by atoms with Crippen LogP contribution >= 0.6 is 7.51 Å². The largest absolute Gasteiger partial charge is 0.430 e. The van der Waals surface area contributed by atoms with E-state index in [1.165, 1.54) is 0 Å². The molecule has 0 aliphatic heterocycles. The second kappa shape index (κ2) is 8.92. The van der Waals surface area contributed by atoms with Gasteiger partial charge in [-0.25, -0.2) is 4.74 Å². The van der Waals surface area contributed by atoms with Crippen LogP contribution in [0.1, 0.15) is 33.3 Å². The van der Waals surface area contributed by atoms with Gasteiger partial charge in [-0.15, -0.1) is 6.58 Å². The summed E-state index contributed by atoms with van der Waals surface area (Å²) in [7, 11) is -2.53. The molecule has 134 valence electrons. The Morgan fingerprint density at radius 1 is 0.960 bits per heavy atom. The van der Waals surface area contributed by atoms with Gasteiger partial charge in [-0.2, -0.15) is 0 Å². The van der Waals surface area contributed by atoms with Crippen molar-refractivity contribution in [2.24, 2.45) is 4.74 Å². The van der Waals surface area contributed by atoms with Crippen molar-refractivity contribution in [3.05, 3.63) is 72.8 Å². The molecule has 0 amide bonds. The van der Waals surface area contributed by atoms with Gasteiger partial charge in [0.05, 0.1) is 5.66 Å². The molecule has 0 fully saturated rings. The smallest absolute Gasteiger partial charge is 0.317 e. The van der Waals surface area contributed by atoms with E-state index >= 15 is 0 Å². The first-order valence-corrected chi connectivity index (χ1v) is 10.4. The van der Waals surface area contributed by atoms with Crippen molar-refractivity contribution < 1.29 is 9.05 Å². The molecule has 3 nitrogen and oxygen atoms in total.